The monoisotopic (exact) mass is 428 g/mol. The fourth-order valence-electron chi connectivity index (χ4n) is 3.85. The highest BCUT2D eigenvalue weighted by atomic mass is 35.5. The third-order valence-electron chi connectivity index (χ3n) is 5.41. The smallest absolute Gasteiger partial charge is 0.255 e. The highest BCUT2D eigenvalue weighted by Crippen LogP contribution is 2.39. The molecule has 1 saturated heterocycles. The third kappa shape index (κ3) is 3.56. The van der Waals surface area contributed by atoms with Crippen LogP contribution in [0.3, 0.4) is 0 Å². The maximum atomic E-state index is 12.8. The fourth-order valence-corrected chi connectivity index (χ4v) is 4.20. The molecule has 0 unspecified atom stereocenters. The average Bonchev–Trinajstić information content (AvgIpc) is 2.95. The summed E-state index contributed by atoms with van der Waals surface area (Å²) in [6, 6.07) is 11.4. The maximum absolute atomic E-state index is 12.8. The lowest BCUT2D eigenvalue weighted by atomic mass is 9.82. The van der Waals surface area contributed by atoms with E-state index in [1.165, 1.54) is 4.90 Å². The normalized spacial score (nSPS) is 21.1. The van der Waals surface area contributed by atoms with Crippen LogP contribution in [0.15, 0.2) is 54.1 Å². The summed E-state index contributed by atoms with van der Waals surface area (Å²) < 4.78 is 0. The van der Waals surface area contributed by atoms with E-state index in [1.807, 2.05) is 13.0 Å². The molecule has 1 N–H and O–H groups in total. The van der Waals surface area contributed by atoms with Crippen molar-refractivity contribution in [2.45, 2.75) is 19.8 Å². The first-order valence-electron chi connectivity index (χ1n) is 9.25. The minimum absolute atomic E-state index is 0.171. The van der Waals surface area contributed by atoms with Crippen molar-refractivity contribution in [2.75, 3.05) is 10.2 Å². The molecule has 0 aromatic heterocycles. The summed E-state index contributed by atoms with van der Waals surface area (Å²) in [5.41, 5.74) is 2.40. The molecule has 3 amide bonds. The van der Waals surface area contributed by atoms with Crippen molar-refractivity contribution >= 4 is 52.3 Å². The second kappa shape index (κ2) is 7.65. The molecule has 7 heteroatoms. The van der Waals surface area contributed by atoms with E-state index in [2.05, 4.69) is 5.32 Å². The fraction of sp³-hybridized carbons (Fsp3) is 0.227. The molecule has 2 aliphatic rings. The molecule has 1 heterocycles. The van der Waals surface area contributed by atoms with Gasteiger partial charge in [0.2, 0.25) is 11.8 Å². The Balaban J connectivity index is 1.52. The van der Waals surface area contributed by atoms with Gasteiger partial charge in [0.05, 0.1) is 33.3 Å². The van der Waals surface area contributed by atoms with E-state index in [0.717, 1.165) is 5.57 Å². The van der Waals surface area contributed by atoms with Crippen LogP contribution in [-0.2, 0) is 9.59 Å². The number of hydrogen-bond donors (Lipinski definition) is 1. The predicted molar refractivity (Wildman–Crippen MR) is 113 cm³/mol. The van der Waals surface area contributed by atoms with Gasteiger partial charge in [-0.2, -0.15) is 0 Å². The lowest BCUT2D eigenvalue weighted by Gasteiger charge is -2.18. The van der Waals surface area contributed by atoms with Gasteiger partial charge in [-0.3, -0.25) is 19.3 Å². The number of nitrogens with one attached hydrogen (secondary N) is 1. The summed E-state index contributed by atoms with van der Waals surface area (Å²) in [5.74, 6) is -1.30. The van der Waals surface area contributed by atoms with Gasteiger partial charge in [0.1, 0.15) is 0 Å². The first-order chi connectivity index (χ1) is 13.9. The Kier molecular flexibility index (Phi) is 5.19. The number of hydrogen-bond acceptors (Lipinski definition) is 3. The number of carbonyl (C=O) groups excluding carboxylic acids is 3. The standard InChI is InChI=1S/C22H18Cl2N2O3/c1-12-5-10-15-16(11-12)22(29)26(21(15)28)14-8-6-13(7-9-14)20(27)25-18-4-2-3-17(23)19(18)24/h2-9,15-16H,10-11H2,1H3,(H,25,27)/t15-,16+/m0/s1. The lowest BCUT2D eigenvalue weighted by Crippen LogP contribution is -2.30. The van der Waals surface area contributed by atoms with Crippen LogP contribution in [0.4, 0.5) is 11.4 Å². The quantitative estimate of drug-likeness (QED) is 0.546. The Morgan fingerprint density at radius 2 is 1.72 bits per heavy atom. The summed E-state index contributed by atoms with van der Waals surface area (Å²) in [6.07, 6.45) is 3.25. The second-order valence-electron chi connectivity index (χ2n) is 7.32. The molecule has 29 heavy (non-hydrogen) atoms. The summed E-state index contributed by atoms with van der Waals surface area (Å²) in [7, 11) is 0. The molecule has 5 nitrogen and oxygen atoms in total. The van der Waals surface area contributed by atoms with Crippen LogP contribution in [0.1, 0.15) is 30.1 Å². The highest BCUT2D eigenvalue weighted by molar-refractivity contribution is 6.44. The van der Waals surface area contributed by atoms with E-state index in [-0.39, 0.29) is 34.6 Å². The zero-order chi connectivity index (χ0) is 20.7. The summed E-state index contributed by atoms with van der Waals surface area (Å²) >= 11 is 12.1. The Bertz CT molecular complexity index is 1050. The van der Waals surface area contributed by atoms with Crippen molar-refractivity contribution in [3.8, 4) is 0 Å². The minimum Gasteiger partial charge on any atom is -0.321 e. The number of amides is 3. The highest BCUT2D eigenvalue weighted by Gasteiger charge is 2.48. The molecule has 2 aromatic carbocycles. The van der Waals surface area contributed by atoms with Crippen molar-refractivity contribution in [1.82, 2.24) is 0 Å². The molecule has 2 aromatic rings. The Hall–Kier alpha value is -2.63. The van der Waals surface area contributed by atoms with Gasteiger partial charge in [-0.25, -0.2) is 0 Å². The molecular formula is C22H18Cl2N2O3. The molecule has 1 aliphatic heterocycles. The average molecular weight is 429 g/mol. The zero-order valence-corrected chi connectivity index (χ0v) is 17.1. The van der Waals surface area contributed by atoms with Gasteiger partial charge in [0, 0.05) is 5.56 Å². The zero-order valence-electron chi connectivity index (χ0n) is 15.6. The van der Waals surface area contributed by atoms with Crippen molar-refractivity contribution in [1.29, 1.82) is 0 Å². The predicted octanol–water partition coefficient (Wildman–Crippen LogP) is 5.09. The van der Waals surface area contributed by atoms with Gasteiger partial charge in [0.25, 0.3) is 5.91 Å². The lowest BCUT2D eigenvalue weighted by molar-refractivity contribution is -0.122. The van der Waals surface area contributed by atoms with Gasteiger partial charge in [-0.15, -0.1) is 0 Å². The van der Waals surface area contributed by atoms with E-state index in [9.17, 15) is 14.4 Å². The van der Waals surface area contributed by atoms with Gasteiger partial charge < -0.3 is 5.32 Å². The van der Waals surface area contributed by atoms with Crippen LogP contribution in [-0.4, -0.2) is 17.7 Å². The molecule has 0 bridgehead atoms. The first kappa shape index (κ1) is 19.7. The number of imide groups is 1. The van der Waals surface area contributed by atoms with Crippen molar-refractivity contribution in [3.05, 3.63) is 69.7 Å². The van der Waals surface area contributed by atoms with Gasteiger partial charge in [-0.05, 0) is 56.2 Å². The van der Waals surface area contributed by atoms with Crippen molar-refractivity contribution in [2.24, 2.45) is 11.8 Å². The van der Waals surface area contributed by atoms with Crippen molar-refractivity contribution in [3.63, 3.8) is 0 Å². The molecule has 1 fully saturated rings. The molecular weight excluding hydrogens is 411 g/mol. The number of carbonyl (C=O) groups is 3. The Morgan fingerprint density at radius 3 is 2.45 bits per heavy atom. The van der Waals surface area contributed by atoms with E-state index in [1.54, 1.807) is 42.5 Å². The van der Waals surface area contributed by atoms with E-state index in [4.69, 9.17) is 23.2 Å². The molecule has 0 spiro atoms. The summed E-state index contributed by atoms with van der Waals surface area (Å²) in [4.78, 5) is 39.3. The van der Waals surface area contributed by atoms with Gasteiger partial charge >= 0.3 is 0 Å². The molecule has 0 saturated carbocycles. The van der Waals surface area contributed by atoms with Crippen LogP contribution in [0.2, 0.25) is 10.0 Å². The number of fused-ring (bicyclic) bond motifs is 1. The SMILES string of the molecule is CC1=CC[C@@H]2C(=O)N(c3ccc(C(=O)Nc4cccc(Cl)c4Cl)cc3)C(=O)[C@@H]2C1. The molecule has 4 rings (SSSR count). The van der Waals surface area contributed by atoms with Crippen LogP contribution in [0.5, 0.6) is 0 Å². The molecule has 1 aliphatic carbocycles. The van der Waals surface area contributed by atoms with Crippen LogP contribution in [0, 0.1) is 11.8 Å². The Labute approximate surface area is 178 Å². The van der Waals surface area contributed by atoms with Crippen LogP contribution < -0.4 is 10.2 Å². The summed E-state index contributed by atoms with van der Waals surface area (Å²) in [5, 5.41) is 3.32. The molecule has 2 atom stereocenters. The first-order valence-corrected chi connectivity index (χ1v) is 10.0. The minimum atomic E-state index is -0.367. The number of rotatable bonds is 3. The largest absolute Gasteiger partial charge is 0.321 e. The summed E-state index contributed by atoms with van der Waals surface area (Å²) in [6.45, 7) is 1.98. The van der Waals surface area contributed by atoms with Crippen LogP contribution >= 0.6 is 23.2 Å². The molecule has 0 radical (unpaired) electrons. The number of allylic oxidation sites excluding steroid dienone is 2. The Morgan fingerprint density at radius 1 is 1.03 bits per heavy atom. The van der Waals surface area contributed by atoms with Gasteiger partial charge in [-0.1, -0.05) is 40.9 Å². The van der Waals surface area contributed by atoms with Crippen LogP contribution in [0.25, 0.3) is 0 Å². The number of anilines is 2. The number of nitrogens with zero attached hydrogens (tertiary/aromatic N) is 1. The topological polar surface area (TPSA) is 66.5 Å². The maximum Gasteiger partial charge on any atom is 0.255 e. The van der Waals surface area contributed by atoms with E-state index < -0.39 is 0 Å². The third-order valence-corrected chi connectivity index (χ3v) is 6.23. The van der Waals surface area contributed by atoms with Crippen molar-refractivity contribution < 1.29 is 14.4 Å². The van der Waals surface area contributed by atoms with E-state index in [0.29, 0.717) is 34.8 Å². The number of halogens is 2. The van der Waals surface area contributed by atoms with Gasteiger partial charge in [0.15, 0.2) is 0 Å². The van der Waals surface area contributed by atoms with E-state index >= 15 is 0 Å². The second-order valence-corrected chi connectivity index (χ2v) is 8.10. The number of benzene rings is 2. The molecule has 148 valence electrons.